The van der Waals surface area contributed by atoms with Crippen molar-refractivity contribution in [1.82, 2.24) is 15.0 Å². The Morgan fingerprint density at radius 1 is 1.07 bits per heavy atom. The van der Waals surface area contributed by atoms with E-state index < -0.39 is 11.6 Å². The molecule has 4 aromatic rings. The maximum atomic E-state index is 14.4. The van der Waals surface area contributed by atoms with Crippen LogP contribution >= 0.6 is 0 Å². The normalized spacial score (nSPS) is 10.9. The standard InChI is InChI=1S/C22H18F2N4O2/c1-30-19-10-14(16-11-15(23)4-5-18(16)24)9-17-20(19)27-21(13-3-2-6-25-12-13)28-22(17)26-7-8-29/h2-6,9-12,29H,7-8H2,1H3,(H,26,27,28). The number of methoxy groups -OCH3 is 1. The summed E-state index contributed by atoms with van der Waals surface area (Å²) in [4.78, 5) is 13.3. The lowest BCUT2D eigenvalue weighted by Crippen LogP contribution is -2.09. The van der Waals surface area contributed by atoms with Crippen LogP contribution in [0.4, 0.5) is 14.6 Å². The van der Waals surface area contributed by atoms with E-state index in [0.29, 0.717) is 39.4 Å². The van der Waals surface area contributed by atoms with Gasteiger partial charge < -0.3 is 15.2 Å². The molecule has 0 spiro atoms. The topological polar surface area (TPSA) is 80.2 Å². The van der Waals surface area contributed by atoms with Crippen LogP contribution in [-0.2, 0) is 0 Å². The molecule has 4 rings (SSSR count). The van der Waals surface area contributed by atoms with Gasteiger partial charge in [-0.2, -0.15) is 0 Å². The number of halogens is 2. The van der Waals surface area contributed by atoms with Crippen molar-refractivity contribution in [3.8, 4) is 28.3 Å². The second-order valence-electron chi connectivity index (χ2n) is 6.49. The third-order valence-electron chi connectivity index (χ3n) is 4.55. The number of benzene rings is 2. The van der Waals surface area contributed by atoms with Gasteiger partial charge in [-0.05, 0) is 48.0 Å². The number of nitrogens with zero attached hydrogens (tertiary/aromatic N) is 3. The Balaban J connectivity index is 1.98. The van der Waals surface area contributed by atoms with E-state index in [0.717, 1.165) is 18.2 Å². The molecule has 6 nitrogen and oxygen atoms in total. The molecule has 0 saturated heterocycles. The van der Waals surface area contributed by atoms with Crippen LogP contribution in [0.15, 0.2) is 54.9 Å². The van der Waals surface area contributed by atoms with E-state index in [1.807, 2.05) is 6.07 Å². The van der Waals surface area contributed by atoms with Crippen molar-refractivity contribution in [2.24, 2.45) is 0 Å². The molecule has 2 aromatic carbocycles. The molecule has 0 aliphatic rings. The molecular formula is C22H18F2N4O2. The number of ether oxygens (including phenoxy) is 1. The molecule has 152 valence electrons. The largest absolute Gasteiger partial charge is 0.494 e. The zero-order valence-electron chi connectivity index (χ0n) is 16.1. The number of aliphatic hydroxyl groups excluding tert-OH is 1. The summed E-state index contributed by atoms with van der Waals surface area (Å²) in [5.41, 5.74) is 1.71. The summed E-state index contributed by atoms with van der Waals surface area (Å²) in [6.45, 7) is 0.141. The van der Waals surface area contributed by atoms with Crippen molar-refractivity contribution in [3.05, 3.63) is 66.5 Å². The highest BCUT2D eigenvalue weighted by atomic mass is 19.1. The first-order valence-corrected chi connectivity index (χ1v) is 9.21. The number of fused-ring (bicyclic) bond motifs is 1. The van der Waals surface area contributed by atoms with Crippen LogP contribution < -0.4 is 10.1 Å². The molecule has 30 heavy (non-hydrogen) atoms. The molecule has 8 heteroatoms. The number of nitrogens with one attached hydrogen (secondary N) is 1. The lowest BCUT2D eigenvalue weighted by molar-refractivity contribution is 0.311. The highest BCUT2D eigenvalue weighted by molar-refractivity contribution is 5.97. The van der Waals surface area contributed by atoms with E-state index in [-0.39, 0.29) is 18.7 Å². The summed E-state index contributed by atoms with van der Waals surface area (Å²) >= 11 is 0. The zero-order chi connectivity index (χ0) is 21.1. The summed E-state index contributed by atoms with van der Waals surface area (Å²) in [7, 11) is 1.48. The molecular weight excluding hydrogens is 390 g/mol. The number of rotatable bonds is 6. The van der Waals surface area contributed by atoms with Crippen molar-refractivity contribution in [1.29, 1.82) is 0 Å². The van der Waals surface area contributed by atoms with Gasteiger partial charge in [0.2, 0.25) is 0 Å². The summed E-state index contributed by atoms with van der Waals surface area (Å²) in [6.07, 6.45) is 3.29. The average molecular weight is 408 g/mol. The van der Waals surface area contributed by atoms with E-state index in [2.05, 4.69) is 20.3 Å². The summed E-state index contributed by atoms with van der Waals surface area (Å²) in [5, 5.41) is 12.9. The number of aromatic nitrogens is 3. The minimum atomic E-state index is -0.560. The fourth-order valence-electron chi connectivity index (χ4n) is 3.16. The summed E-state index contributed by atoms with van der Waals surface area (Å²) < 4.78 is 33.6. The summed E-state index contributed by atoms with van der Waals surface area (Å²) in [6, 6.07) is 10.1. The number of hydrogen-bond donors (Lipinski definition) is 2. The molecule has 0 aliphatic heterocycles. The monoisotopic (exact) mass is 408 g/mol. The van der Waals surface area contributed by atoms with Gasteiger partial charge in [-0.3, -0.25) is 4.98 Å². The maximum absolute atomic E-state index is 14.4. The van der Waals surface area contributed by atoms with E-state index in [1.54, 1.807) is 30.6 Å². The fourth-order valence-corrected chi connectivity index (χ4v) is 3.16. The SMILES string of the molecule is COc1cc(-c2cc(F)ccc2F)cc2c(NCCO)nc(-c3cccnc3)nc12. The molecule has 0 atom stereocenters. The summed E-state index contributed by atoms with van der Waals surface area (Å²) in [5.74, 6) is 0.123. The lowest BCUT2D eigenvalue weighted by Gasteiger charge is -2.15. The Kier molecular flexibility index (Phi) is 5.49. The molecule has 0 amide bonds. The van der Waals surface area contributed by atoms with Gasteiger partial charge in [-0.25, -0.2) is 18.7 Å². The lowest BCUT2D eigenvalue weighted by atomic mass is 10.0. The van der Waals surface area contributed by atoms with Gasteiger partial charge in [-0.15, -0.1) is 0 Å². The van der Waals surface area contributed by atoms with Crippen molar-refractivity contribution in [2.75, 3.05) is 25.6 Å². The fraction of sp³-hybridized carbons (Fsp3) is 0.136. The number of aliphatic hydroxyl groups is 1. The van der Waals surface area contributed by atoms with E-state index in [1.165, 1.54) is 7.11 Å². The maximum Gasteiger partial charge on any atom is 0.163 e. The second-order valence-corrected chi connectivity index (χ2v) is 6.49. The number of pyridine rings is 1. The van der Waals surface area contributed by atoms with E-state index >= 15 is 0 Å². The van der Waals surface area contributed by atoms with Gasteiger partial charge in [0.15, 0.2) is 5.82 Å². The highest BCUT2D eigenvalue weighted by Gasteiger charge is 2.17. The Labute approximate surface area is 171 Å². The zero-order valence-corrected chi connectivity index (χ0v) is 16.1. The molecule has 0 fully saturated rings. The van der Waals surface area contributed by atoms with Gasteiger partial charge in [0, 0.05) is 35.5 Å². The predicted octanol–water partition coefficient (Wildman–Crippen LogP) is 4.05. The van der Waals surface area contributed by atoms with Gasteiger partial charge in [0.1, 0.15) is 28.7 Å². The molecule has 2 heterocycles. The van der Waals surface area contributed by atoms with Crippen LogP contribution in [0.25, 0.3) is 33.4 Å². The van der Waals surface area contributed by atoms with Crippen LogP contribution in [0.5, 0.6) is 5.75 Å². The van der Waals surface area contributed by atoms with Crippen molar-refractivity contribution < 1.29 is 18.6 Å². The number of anilines is 1. The Hall–Kier alpha value is -3.65. The van der Waals surface area contributed by atoms with Gasteiger partial charge in [0.25, 0.3) is 0 Å². The second kappa shape index (κ2) is 8.38. The number of hydrogen-bond acceptors (Lipinski definition) is 6. The Bertz CT molecular complexity index is 1200. The molecule has 2 N–H and O–H groups in total. The van der Waals surface area contributed by atoms with Crippen LogP contribution in [0.1, 0.15) is 0 Å². The smallest absolute Gasteiger partial charge is 0.163 e. The average Bonchev–Trinajstić information content (AvgIpc) is 2.78. The third kappa shape index (κ3) is 3.77. The molecule has 0 saturated carbocycles. The van der Waals surface area contributed by atoms with Crippen LogP contribution in [0.3, 0.4) is 0 Å². The molecule has 2 aromatic heterocycles. The minimum absolute atomic E-state index is 0.0969. The van der Waals surface area contributed by atoms with Gasteiger partial charge >= 0.3 is 0 Å². The molecule has 0 aliphatic carbocycles. The van der Waals surface area contributed by atoms with Crippen LogP contribution in [0.2, 0.25) is 0 Å². The van der Waals surface area contributed by atoms with Crippen LogP contribution in [-0.4, -0.2) is 40.3 Å². The van der Waals surface area contributed by atoms with Crippen molar-refractivity contribution in [2.45, 2.75) is 0 Å². The first kappa shape index (κ1) is 19.7. The molecule has 0 bridgehead atoms. The first-order valence-electron chi connectivity index (χ1n) is 9.21. The van der Waals surface area contributed by atoms with Crippen LogP contribution in [0, 0.1) is 11.6 Å². The predicted molar refractivity (Wildman–Crippen MR) is 110 cm³/mol. The Morgan fingerprint density at radius 3 is 2.67 bits per heavy atom. The van der Waals surface area contributed by atoms with Crippen molar-refractivity contribution in [3.63, 3.8) is 0 Å². The minimum Gasteiger partial charge on any atom is -0.494 e. The quantitative estimate of drug-likeness (QED) is 0.501. The molecule has 0 radical (unpaired) electrons. The van der Waals surface area contributed by atoms with E-state index in [4.69, 9.17) is 4.74 Å². The third-order valence-corrected chi connectivity index (χ3v) is 4.55. The highest BCUT2D eigenvalue weighted by Crippen LogP contribution is 2.36. The van der Waals surface area contributed by atoms with Crippen molar-refractivity contribution >= 4 is 16.7 Å². The van der Waals surface area contributed by atoms with E-state index in [9.17, 15) is 13.9 Å². The first-order chi connectivity index (χ1) is 14.6. The Morgan fingerprint density at radius 2 is 1.93 bits per heavy atom. The van der Waals surface area contributed by atoms with Gasteiger partial charge in [-0.1, -0.05) is 0 Å². The van der Waals surface area contributed by atoms with Gasteiger partial charge in [0.05, 0.1) is 13.7 Å². The molecule has 0 unspecified atom stereocenters.